The summed E-state index contributed by atoms with van der Waals surface area (Å²) in [6, 6.07) is 8.11. The van der Waals surface area contributed by atoms with Gasteiger partial charge in [0.2, 0.25) is 5.91 Å². The monoisotopic (exact) mass is 375 g/mol. The number of ether oxygens (including phenoxy) is 1. The number of carbonyl (C=O) groups excluding carboxylic acids is 1. The molecule has 1 heterocycles. The third-order valence-electron chi connectivity index (χ3n) is 4.46. The molecule has 1 N–H and O–H groups in total. The average Bonchev–Trinajstić information content (AvgIpc) is 3.39. The molecule has 1 aliphatic heterocycles. The number of amides is 1. The predicted octanol–water partition coefficient (Wildman–Crippen LogP) is 2.19. The Balaban J connectivity index is 0.00000144. The van der Waals surface area contributed by atoms with Gasteiger partial charge in [0, 0.05) is 37.9 Å². The van der Waals surface area contributed by atoms with Crippen LogP contribution >= 0.6 is 24.8 Å². The molecule has 136 valence electrons. The van der Waals surface area contributed by atoms with E-state index in [-0.39, 0.29) is 30.7 Å². The number of carbonyl (C=O) groups is 1. The van der Waals surface area contributed by atoms with Gasteiger partial charge in [-0.25, -0.2) is 0 Å². The molecule has 0 aromatic heterocycles. The summed E-state index contributed by atoms with van der Waals surface area (Å²) in [6.45, 7) is 4.82. The number of methoxy groups -OCH3 is 1. The van der Waals surface area contributed by atoms with Gasteiger partial charge in [0.15, 0.2) is 0 Å². The lowest BCUT2D eigenvalue weighted by molar-refractivity contribution is -0.130. The molecule has 1 aromatic rings. The van der Waals surface area contributed by atoms with Gasteiger partial charge < -0.3 is 19.9 Å². The van der Waals surface area contributed by atoms with Crippen LogP contribution in [0.4, 0.5) is 5.69 Å². The molecule has 7 heteroatoms. The number of hydrogen-bond donors (Lipinski definition) is 1. The Hall–Kier alpha value is -1.17. The van der Waals surface area contributed by atoms with E-state index in [0.717, 1.165) is 44.4 Å². The molecule has 24 heavy (non-hydrogen) atoms. The number of anilines is 1. The Morgan fingerprint density at radius 1 is 1.21 bits per heavy atom. The molecule has 3 rings (SSSR count). The van der Waals surface area contributed by atoms with E-state index in [1.165, 1.54) is 18.5 Å². The molecule has 0 spiro atoms. The van der Waals surface area contributed by atoms with Crippen LogP contribution in [0.15, 0.2) is 24.3 Å². The van der Waals surface area contributed by atoms with Crippen LogP contribution in [-0.4, -0.2) is 57.2 Å². The molecular formula is C17H27Cl2N3O2. The second-order valence-electron chi connectivity index (χ2n) is 6.14. The first-order chi connectivity index (χ1) is 10.8. The van der Waals surface area contributed by atoms with Gasteiger partial charge in [-0.15, -0.1) is 24.8 Å². The second-order valence-corrected chi connectivity index (χ2v) is 6.14. The van der Waals surface area contributed by atoms with Gasteiger partial charge in [-0.3, -0.25) is 4.79 Å². The molecule has 0 radical (unpaired) electrons. The standard InChI is InChI=1S/C17H25N3O2.2ClH/c1-22-16-4-2-3-15(11-16)19-7-9-20(10-8-19)17(21)13-18-12-14-5-6-14;;/h2-4,11,14,18H,5-10,12-13H2,1H3;2*1H. The Bertz CT molecular complexity index is 518. The average molecular weight is 376 g/mol. The van der Waals surface area contributed by atoms with Crippen molar-refractivity contribution in [2.75, 3.05) is 51.3 Å². The Kier molecular flexibility index (Phi) is 8.67. The van der Waals surface area contributed by atoms with Crippen molar-refractivity contribution in [3.63, 3.8) is 0 Å². The van der Waals surface area contributed by atoms with Crippen LogP contribution in [0.2, 0.25) is 0 Å². The van der Waals surface area contributed by atoms with Crippen LogP contribution in [0.3, 0.4) is 0 Å². The second kappa shape index (κ2) is 9.97. The van der Waals surface area contributed by atoms with Crippen LogP contribution in [0, 0.1) is 5.92 Å². The van der Waals surface area contributed by atoms with Gasteiger partial charge in [0.05, 0.1) is 13.7 Å². The van der Waals surface area contributed by atoms with Gasteiger partial charge in [-0.2, -0.15) is 0 Å². The maximum absolute atomic E-state index is 12.2. The Morgan fingerprint density at radius 2 is 1.92 bits per heavy atom. The Morgan fingerprint density at radius 3 is 2.54 bits per heavy atom. The molecule has 1 aromatic carbocycles. The van der Waals surface area contributed by atoms with Crippen molar-refractivity contribution in [2.24, 2.45) is 5.92 Å². The van der Waals surface area contributed by atoms with Crippen LogP contribution in [0.25, 0.3) is 0 Å². The van der Waals surface area contributed by atoms with Crippen LogP contribution in [0.1, 0.15) is 12.8 Å². The first-order valence-electron chi connectivity index (χ1n) is 8.14. The summed E-state index contributed by atoms with van der Waals surface area (Å²) in [6.07, 6.45) is 2.64. The third-order valence-corrected chi connectivity index (χ3v) is 4.46. The van der Waals surface area contributed by atoms with Crippen molar-refractivity contribution in [1.29, 1.82) is 0 Å². The summed E-state index contributed by atoms with van der Waals surface area (Å²) in [4.78, 5) is 16.4. The highest BCUT2D eigenvalue weighted by Crippen LogP contribution is 2.27. The number of nitrogens with one attached hydrogen (secondary N) is 1. The van der Waals surface area contributed by atoms with E-state index in [0.29, 0.717) is 6.54 Å². The highest BCUT2D eigenvalue weighted by Gasteiger charge is 2.23. The minimum Gasteiger partial charge on any atom is -0.497 e. The first-order valence-corrected chi connectivity index (χ1v) is 8.14. The summed E-state index contributed by atoms with van der Waals surface area (Å²) in [5.41, 5.74) is 1.17. The summed E-state index contributed by atoms with van der Waals surface area (Å²) in [5.74, 6) is 1.92. The molecule has 2 aliphatic rings. The van der Waals surface area contributed by atoms with Crippen LogP contribution in [0.5, 0.6) is 5.75 Å². The van der Waals surface area contributed by atoms with E-state index < -0.39 is 0 Å². The van der Waals surface area contributed by atoms with Crippen LogP contribution in [-0.2, 0) is 4.79 Å². The van der Waals surface area contributed by atoms with Crippen molar-refractivity contribution in [1.82, 2.24) is 10.2 Å². The number of nitrogens with zero attached hydrogens (tertiary/aromatic N) is 2. The SMILES string of the molecule is COc1cccc(N2CCN(C(=O)CNCC3CC3)CC2)c1.Cl.Cl. The number of rotatable bonds is 6. The lowest BCUT2D eigenvalue weighted by Crippen LogP contribution is -2.51. The number of benzene rings is 1. The normalized spacial score (nSPS) is 16.9. The van der Waals surface area contributed by atoms with Crippen LogP contribution < -0.4 is 15.0 Å². The summed E-state index contributed by atoms with van der Waals surface area (Å²) in [5, 5.41) is 3.28. The predicted molar refractivity (Wildman–Crippen MR) is 102 cm³/mol. The summed E-state index contributed by atoms with van der Waals surface area (Å²) in [7, 11) is 1.68. The number of piperazine rings is 1. The summed E-state index contributed by atoms with van der Waals surface area (Å²) < 4.78 is 5.27. The highest BCUT2D eigenvalue weighted by atomic mass is 35.5. The molecule has 1 amide bonds. The van der Waals surface area contributed by atoms with E-state index >= 15 is 0 Å². The largest absolute Gasteiger partial charge is 0.497 e. The van der Waals surface area contributed by atoms with Gasteiger partial charge >= 0.3 is 0 Å². The third kappa shape index (κ3) is 5.72. The van der Waals surface area contributed by atoms with Gasteiger partial charge in [0.1, 0.15) is 5.75 Å². The zero-order valence-electron chi connectivity index (χ0n) is 14.1. The molecule has 2 fully saturated rings. The topological polar surface area (TPSA) is 44.8 Å². The highest BCUT2D eigenvalue weighted by molar-refractivity contribution is 5.85. The quantitative estimate of drug-likeness (QED) is 0.827. The van der Waals surface area contributed by atoms with Crippen molar-refractivity contribution >= 4 is 36.4 Å². The molecule has 1 saturated carbocycles. The molecule has 0 bridgehead atoms. The number of halogens is 2. The van der Waals surface area contributed by atoms with Crippen molar-refractivity contribution in [3.8, 4) is 5.75 Å². The fourth-order valence-corrected chi connectivity index (χ4v) is 2.84. The molecule has 5 nitrogen and oxygen atoms in total. The Labute approximate surface area is 156 Å². The fourth-order valence-electron chi connectivity index (χ4n) is 2.84. The lowest BCUT2D eigenvalue weighted by Gasteiger charge is -2.36. The minimum absolute atomic E-state index is 0. The van der Waals surface area contributed by atoms with Gasteiger partial charge in [-0.1, -0.05) is 6.07 Å². The minimum atomic E-state index is 0. The first kappa shape index (κ1) is 20.9. The zero-order valence-corrected chi connectivity index (χ0v) is 15.7. The molecule has 1 saturated heterocycles. The smallest absolute Gasteiger partial charge is 0.236 e. The van der Waals surface area contributed by atoms with E-state index in [9.17, 15) is 4.79 Å². The van der Waals surface area contributed by atoms with E-state index in [4.69, 9.17) is 4.74 Å². The fraction of sp³-hybridized carbons (Fsp3) is 0.588. The molecule has 0 atom stereocenters. The molecule has 0 unspecified atom stereocenters. The maximum Gasteiger partial charge on any atom is 0.236 e. The van der Waals surface area contributed by atoms with Crippen molar-refractivity contribution in [2.45, 2.75) is 12.8 Å². The zero-order chi connectivity index (χ0) is 15.4. The number of hydrogen-bond acceptors (Lipinski definition) is 4. The van der Waals surface area contributed by atoms with E-state index in [1.807, 2.05) is 17.0 Å². The van der Waals surface area contributed by atoms with E-state index in [2.05, 4.69) is 22.3 Å². The van der Waals surface area contributed by atoms with Crippen molar-refractivity contribution < 1.29 is 9.53 Å². The van der Waals surface area contributed by atoms with Crippen molar-refractivity contribution in [3.05, 3.63) is 24.3 Å². The molecule has 1 aliphatic carbocycles. The van der Waals surface area contributed by atoms with Gasteiger partial charge in [0.25, 0.3) is 0 Å². The lowest BCUT2D eigenvalue weighted by atomic mass is 10.2. The summed E-state index contributed by atoms with van der Waals surface area (Å²) >= 11 is 0. The van der Waals surface area contributed by atoms with Gasteiger partial charge in [-0.05, 0) is 37.4 Å². The van der Waals surface area contributed by atoms with E-state index in [1.54, 1.807) is 7.11 Å². The maximum atomic E-state index is 12.2. The molecular weight excluding hydrogens is 349 g/mol.